The minimum absolute atomic E-state index is 0.0520. The smallest absolute Gasteiger partial charge is 0.131 e. The number of nitrogens with zero attached hydrogens (tertiary/aromatic N) is 2. The van der Waals surface area contributed by atoms with Crippen LogP contribution in [-0.4, -0.2) is 27.7 Å². The van der Waals surface area contributed by atoms with Gasteiger partial charge in [0.1, 0.15) is 16.2 Å². The van der Waals surface area contributed by atoms with Crippen LogP contribution < -0.4 is 5.32 Å². The molecule has 1 unspecified atom stereocenters. The Morgan fingerprint density at radius 3 is 2.79 bits per heavy atom. The van der Waals surface area contributed by atoms with Crippen LogP contribution in [0, 0.1) is 6.92 Å². The lowest BCUT2D eigenvalue weighted by Gasteiger charge is -2.14. The van der Waals surface area contributed by atoms with E-state index in [1.54, 1.807) is 6.07 Å². The lowest BCUT2D eigenvalue weighted by Crippen LogP contribution is -2.23. The predicted molar refractivity (Wildman–Crippen MR) is 59.3 cm³/mol. The van der Waals surface area contributed by atoms with Crippen molar-refractivity contribution in [1.82, 2.24) is 9.97 Å². The highest BCUT2D eigenvalue weighted by Crippen LogP contribution is 2.13. The Balaban J connectivity index is 2.75. The molecule has 4 nitrogen and oxygen atoms in total. The molecular formula is C9H14BrN3O. The van der Waals surface area contributed by atoms with Crippen molar-refractivity contribution >= 4 is 21.7 Å². The third kappa shape index (κ3) is 3.23. The summed E-state index contributed by atoms with van der Waals surface area (Å²) in [4.78, 5) is 8.30. The van der Waals surface area contributed by atoms with E-state index >= 15 is 0 Å². The molecule has 5 heteroatoms. The summed E-state index contributed by atoms with van der Waals surface area (Å²) in [7, 11) is 0. The number of halogens is 1. The zero-order chi connectivity index (χ0) is 10.6. The number of aryl methyl sites for hydroxylation is 1. The quantitative estimate of drug-likeness (QED) is 0.809. The lowest BCUT2D eigenvalue weighted by atomic mass is 10.2. The monoisotopic (exact) mass is 259 g/mol. The van der Waals surface area contributed by atoms with Gasteiger partial charge in [-0.25, -0.2) is 9.97 Å². The SMILES string of the molecule is CCC(CO)Nc1cc(Br)nc(C)n1. The number of aliphatic hydroxyl groups excluding tert-OH is 1. The molecule has 14 heavy (non-hydrogen) atoms. The van der Waals surface area contributed by atoms with Crippen molar-refractivity contribution in [1.29, 1.82) is 0 Å². The topological polar surface area (TPSA) is 58.0 Å². The molecule has 78 valence electrons. The van der Waals surface area contributed by atoms with Crippen LogP contribution in [0.25, 0.3) is 0 Å². The molecule has 0 bridgehead atoms. The fourth-order valence-electron chi connectivity index (χ4n) is 1.09. The van der Waals surface area contributed by atoms with E-state index in [2.05, 4.69) is 31.2 Å². The summed E-state index contributed by atoms with van der Waals surface area (Å²) in [5.41, 5.74) is 0. The molecule has 1 heterocycles. The standard InChI is InChI=1S/C9H14BrN3O/c1-3-7(5-14)13-9-4-8(10)11-6(2)12-9/h4,7,14H,3,5H2,1-2H3,(H,11,12,13). The number of hydrogen-bond acceptors (Lipinski definition) is 4. The Hall–Kier alpha value is -0.680. The van der Waals surface area contributed by atoms with Crippen LogP contribution in [-0.2, 0) is 0 Å². The number of aromatic nitrogens is 2. The van der Waals surface area contributed by atoms with Crippen molar-refractivity contribution in [2.45, 2.75) is 26.3 Å². The van der Waals surface area contributed by atoms with E-state index in [4.69, 9.17) is 5.11 Å². The summed E-state index contributed by atoms with van der Waals surface area (Å²) in [5, 5.41) is 12.1. The minimum Gasteiger partial charge on any atom is -0.394 e. The van der Waals surface area contributed by atoms with Crippen LogP contribution in [0.2, 0.25) is 0 Å². The fourth-order valence-corrected chi connectivity index (χ4v) is 1.56. The maximum absolute atomic E-state index is 9.01. The Morgan fingerprint density at radius 1 is 1.57 bits per heavy atom. The number of anilines is 1. The van der Waals surface area contributed by atoms with E-state index in [1.165, 1.54) is 0 Å². The van der Waals surface area contributed by atoms with Crippen molar-refractivity contribution in [2.24, 2.45) is 0 Å². The Labute approximate surface area is 91.9 Å². The molecule has 0 fully saturated rings. The van der Waals surface area contributed by atoms with Gasteiger partial charge in [0, 0.05) is 6.07 Å². The summed E-state index contributed by atoms with van der Waals surface area (Å²) >= 11 is 3.29. The van der Waals surface area contributed by atoms with Gasteiger partial charge in [-0.2, -0.15) is 0 Å². The number of rotatable bonds is 4. The van der Waals surface area contributed by atoms with Gasteiger partial charge in [-0.05, 0) is 29.3 Å². The van der Waals surface area contributed by atoms with Crippen molar-refractivity contribution in [2.75, 3.05) is 11.9 Å². The second-order valence-corrected chi connectivity index (χ2v) is 3.87. The van der Waals surface area contributed by atoms with Crippen LogP contribution >= 0.6 is 15.9 Å². The molecule has 0 aromatic carbocycles. The number of aliphatic hydroxyl groups is 1. The van der Waals surface area contributed by atoms with Gasteiger partial charge in [-0.3, -0.25) is 0 Å². The van der Waals surface area contributed by atoms with E-state index in [1.807, 2.05) is 13.8 Å². The van der Waals surface area contributed by atoms with Crippen molar-refractivity contribution in [3.8, 4) is 0 Å². The summed E-state index contributed by atoms with van der Waals surface area (Å²) in [6.07, 6.45) is 0.858. The third-order valence-electron chi connectivity index (χ3n) is 1.87. The molecule has 0 amide bonds. The summed E-state index contributed by atoms with van der Waals surface area (Å²) < 4.78 is 0.750. The van der Waals surface area contributed by atoms with Crippen molar-refractivity contribution < 1.29 is 5.11 Å². The normalized spacial score (nSPS) is 12.6. The highest BCUT2D eigenvalue weighted by molar-refractivity contribution is 9.10. The first-order valence-corrected chi connectivity index (χ1v) is 5.33. The van der Waals surface area contributed by atoms with Gasteiger partial charge < -0.3 is 10.4 Å². The molecule has 0 radical (unpaired) electrons. The van der Waals surface area contributed by atoms with E-state index < -0.39 is 0 Å². The molecule has 0 saturated heterocycles. The van der Waals surface area contributed by atoms with Gasteiger partial charge in [0.25, 0.3) is 0 Å². The fraction of sp³-hybridized carbons (Fsp3) is 0.556. The molecule has 0 saturated carbocycles. The number of nitrogens with one attached hydrogen (secondary N) is 1. The summed E-state index contributed by atoms with van der Waals surface area (Å²) in [6.45, 7) is 3.95. The van der Waals surface area contributed by atoms with E-state index in [0.29, 0.717) is 5.82 Å². The minimum atomic E-state index is 0.0520. The molecule has 1 rings (SSSR count). The van der Waals surface area contributed by atoms with Crippen LogP contribution in [0.15, 0.2) is 10.7 Å². The first-order valence-electron chi connectivity index (χ1n) is 4.54. The molecule has 1 atom stereocenters. The van der Waals surface area contributed by atoms with Crippen LogP contribution in [0.3, 0.4) is 0 Å². The van der Waals surface area contributed by atoms with Gasteiger partial charge in [-0.15, -0.1) is 0 Å². The van der Waals surface area contributed by atoms with Crippen LogP contribution in [0.1, 0.15) is 19.2 Å². The average molecular weight is 260 g/mol. The van der Waals surface area contributed by atoms with Gasteiger partial charge in [0.15, 0.2) is 0 Å². The molecule has 1 aromatic heterocycles. The molecule has 0 aliphatic carbocycles. The first-order chi connectivity index (χ1) is 6.65. The zero-order valence-electron chi connectivity index (χ0n) is 8.29. The lowest BCUT2D eigenvalue weighted by molar-refractivity contribution is 0.271. The second-order valence-electron chi connectivity index (χ2n) is 3.06. The van der Waals surface area contributed by atoms with E-state index in [9.17, 15) is 0 Å². The maximum atomic E-state index is 9.01. The predicted octanol–water partition coefficient (Wildman–Crippen LogP) is 1.73. The van der Waals surface area contributed by atoms with Gasteiger partial charge >= 0.3 is 0 Å². The summed E-state index contributed by atoms with van der Waals surface area (Å²) in [5.74, 6) is 1.44. The number of hydrogen-bond donors (Lipinski definition) is 2. The highest BCUT2D eigenvalue weighted by Gasteiger charge is 2.06. The van der Waals surface area contributed by atoms with Crippen LogP contribution in [0.5, 0.6) is 0 Å². The van der Waals surface area contributed by atoms with Crippen LogP contribution in [0.4, 0.5) is 5.82 Å². The molecule has 0 aliphatic rings. The molecule has 0 aliphatic heterocycles. The highest BCUT2D eigenvalue weighted by atomic mass is 79.9. The van der Waals surface area contributed by atoms with E-state index in [-0.39, 0.29) is 12.6 Å². The van der Waals surface area contributed by atoms with Gasteiger partial charge in [-0.1, -0.05) is 6.92 Å². The largest absolute Gasteiger partial charge is 0.394 e. The molecule has 2 N–H and O–H groups in total. The summed E-state index contributed by atoms with van der Waals surface area (Å²) in [6, 6.07) is 1.85. The zero-order valence-corrected chi connectivity index (χ0v) is 9.87. The molecule has 1 aromatic rings. The third-order valence-corrected chi connectivity index (χ3v) is 2.28. The maximum Gasteiger partial charge on any atom is 0.131 e. The Morgan fingerprint density at radius 2 is 2.29 bits per heavy atom. The Kier molecular flexibility index (Phi) is 4.28. The van der Waals surface area contributed by atoms with Gasteiger partial charge in [0.05, 0.1) is 12.6 Å². The first kappa shape index (κ1) is 11.4. The van der Waals surface area contributed by atoms with Crippen molar-refractivity contribution in [3.05, 3.63) is 16.5 Å². The Bertz CT molecular complexity index is 282. The second kappa shape index (κ2) is 5.26. The van der Waals surface area contributed by atoms with Gasteiger partial charge in [0.2, 0.25) is 0 Å². The molecule has 0 spiro atoms. The molecular weight excluding hydrogens is 246 g/mol. The van der Waals surface area contributed by atoms with Crippen molar-refractivity contribution in [3.63, 3.8) is 0 Å². The van der Waals surface area contributed by atoms with E-state index in [0.717, 1.165) is 16.8 Å². The average Bonchev–Trinajstić information content (AvgIpc) is 2.12.